The van der Waals surface area contributed by atoms with Crippen molar-refractivity contribution in [3.63, 3.8) is 0 Å². The SMILES string of the molecule is CCNC(=NCc1ccnn1C)NCC(C)c1ccc(F)cc1F.I. The second-order valence-corrected chi connectivity index (χ2v) is 5.59. The van der Waals surface area contributed by atoms with Crippen LogP contribution in [0.4, 0.5) is 8.78 Å². The number of benzene rings is 1. The summed E-state index contributed by atoms with van der Waals surface area (Å²) in [7, 11) is 1.87. The van der Waals surface area contributed by atoms with Crippen LogP contribution < -0.4 is 10.6 Å². The summed E-state index contributed by atoms with van der Waals surface area (Å²) in [6, 6.07) is 5.57. The Kier molecular flexibility index (Phi) is 8.81. The van der Waals surface area contributed by atoms with Crippen LogP contribution in [0.3, 0.4) is 0 Å². The van der Waals surface area contributed by atoms with Gasteiger partial charge in [-0.1, -0.05) is 13.0 Å². The van der Waals surface area contributed by atoms with Crippen LogP contribution >= 0.6 is 24.0 Å². The molecule has 0 amide bonds. The third-order valence-corrected chi connectivity index (χ3v) is 3.73. The molecule has 0 bridgehead atoms. The monoisotopic (exact) mass is 463 g/mol. The van der Waals surface area contributed by atoms with Gasteiger partial charge in [0, 0.05) is 38.3 Å². The number of aromatic nitrogens is 2. The van der Waals surface area contributed by atoms with Crippen molar-refractivity contribution in [1.29, 1.82) is 0 Å². The van der Waals surface area contributed by atoms with Gasteiger partial charge in [0.15, 0.2) is 5.96 Å². The van der Waals surface area contributed by atoms with Crippen molar-refractivity contribution < 1.29 is 8.78 Å². The van der Waals surface area contributed by atoms with Crippen molar-refractivity contribution in [2.45, 2.75) is 26.3 Å². The molecule has 0 aliphatic rings. The Morgan fingerprint density at radius 2 is 2.04 bits per heavy atom. The average molecular weight is 463 g/mol. The molecule has 2 N–H and O–H groups in total. The van der Waals surface area contributed by atoms with Crippen molar-refractivity contribution >= 4 is 29.9 Å². The number of nitrogens with one attached hydrogen (secondary N) is 2. The van der Waals surface area contributed by atoms with Crippen molar-refractivity contribution in [1.82, 2.24) is 20.4 Å². The molecule has 2 rings (SSSR count). The summed E-state index contributed by atoms with van der Waals surface area (Å²) in [6.07, 6.45) is 1.73. The molecule has 0 saturated carbocycles. The van der Waals surface area contributed by atoms with E-state index in [0.29, 0.717) is 24.6 Å². The largest absolute Gasteiger partial charge is 0.357 e. The molecule has 0 fully saturated rings. The molecule has 0 aliphatic carbocycles. The lowest BCUT2D eigenvalue weighted by Gasteiger charge is -2.17. The van der Waals surface area contributed by atoms with Crippen LogP contribution in [-0.2, 0) is 13.6 Å². The lowest BCUT2D eigenvalue weighted by molar-refractivity contribution is 0.556. The molecule has 1 aromatic carbocycles. The van der Waals surface area contributed by atoms with Gasteiger partial charge >= 0.3 is 0 Å². The molecule has 25 heavy (non-hydrogen) atoms. The summed E-state index contributed by atoms with van der Waals surface area (Å²) >= 11 is 0. The highest BCUT2D eigenvalue weighted by molar-refractivity contribution is 14.0. The standard InChI is InChI=1S/C17H23F2N5.HI/c1-4-20-17(22-11-14-7-8-23-24(14)3)21-10-12(2)15-6-5-13(18)9-16(15)19;/h5-9,12H,4,10-11H2,1-3H3,(H2,20,21,22);1H. The van der Waals surface area contributed by atoms with Gasteiger partial charge in [-0.15, -0.1) is 24.0 Å². The Morgan fingerprint density at radius 3 is 2.64 bits per heavy atom. The zero-order chi connectivity index (χ0) is 17.5. The number of guanidine groups is 1. The minimum Gasteiger partial charge on any atom is -0.357 e. The van der Waals surface area contributed by atoms with Gasteiger partial charge in [0.25, 0.3) is 0 Å². The third kappa shape index (κ3) is 6.26. The quantitative estimate of drug-likeness (QED) is 0.393. The Hall–Kier alpha value is -1.71. The minimum atomic E-state index is -0.567. The molecule has 1 heterocycles. The first kappa shape index (κ1) is 21.3. The van der Waals surface area contributed by atoms with Gasteiger partial charge < -0.3 is 10.6 Å². The predicted molar refractivity (Wildman–Crippen MR) is 106 cm³/mol. The smallest absolute Gasteiger partial charge is 0.191 e. The Labute approximate surface area is 163 Å². The first-order valence-corrected chi connectivity index (χ1v) is 7.95. The number of rotatable bonds is 6. The van der Waals surface area contributed by atoms with Crippen LogP contribution in [-0.4, -0.2) is 28.8 Å². The molecule has 0 aliphatic heterocycles. The van der Waals surface area contributed by atoms with Crippen LogP contribution in [0, 0.1) is 11.6 Å². The summed E-state index contributed by atoms with van der Waals surface area (Å²) in [5, 5.41) is 10.4. The highest BCUT2D eigenvalue weighted by Crippen LogP contribution is 2.19. The van der Waals surface area contributed by atoms with E-state index in [4.69, 9.17) is 0 Å². The Balaban J connectivity index is 0.00000312. The fourth-order valence-electron chi connectivity index (χ4n) is 2.32. The van der Waals surface area contributed by atoms with Crippen molar-refractivity contribution in [2.24, 2.45) is 12.0 Å². The van der Waals surface area contributed by atoms with Gasteiger partial charge in [-0.25, -0.2) is 13.8 Å². The second-order valence-electron chi connectivity index (χ2n) is 5.59. The average Bonchev–Trinajstić information content (AvgIpc) is 2.95. The summed E-state index contributed by atoms with van der Waals surface area (Å²) in [5.74, 6) is -0.567. The lowest BCUT2D eigenvalue weighted by atomic mass is 10.0. The zero-order valence-electron chi connectivity index (χ0n) is 14.6. The Bertz CT molecular complexity index is 702. The molecule has 0 saturated heterocycles. The molecular formula is C17H24F2IN5. The maximum absolute atomic E-state index is 13.8. The molecule has 138 valence electrons. The maximum Gasteiger partial charge on any atom is 0.191 e. The molecule has 8 heteroatoms. The van der Waals surface area contributed by atoms with Crippen molar-refractivity contribution in [2.75, 3.05) is 13.1 Å². The zero-order valence-corrected chi connectivity index (χ0v) is 16.9. The first-order chi connectivity index (χ1) is 11.5. The van der Waals surface area contributed by atoms with E-state index < -0.39 is 11.6 Å². The number of nitrogens with zero attached hydrogens (tertiary/aromatic N) is 3. The summed E-state index contributed by atoms with van der Waals surface area (Å²) in [6.45, 7) is 5.56. The fraction of sp³-hybridized carbons (Fsp3) is 0.412. The number of halogens is 3. The Morgan fingerprint density at radius 1 is 1.28 bits per heavy atom. The fourth-order valence-corrected chi connectivity index (χ4v) is 2.32. The number of aliphatic imine (C=N–C) groups is 1. The molecule has 0 radical (unpaired) electrons. The van der Waals surface area contributed by atoms with E-state index in [1.54, 1.807) is 10.9 Å². The number of hydrogen-bond acceptors (Lipinski definition) is 2. The van der Waals surface area contributed by atoms with E-state index in [1.807, 2.05) is 27.0 Å². The second kappa shape index (κ2) is 10.3. The third-order valence-electron chi connectivity index (χ3n) is 3.73. The van der Waals surface area contributed by atoms with E-state index >= 15 is 0 Å². The normalized spacial score (nSPS) is 12.4. The maximum atomic E-state index is 13.8. The van der Waals surface area contributed by atoms with E-state index in [0.717, 1.165) is 18.3 Å². The molecule has 1 atom stereocenters. The van der Waals surface area contributed by atoms with E-state index in [9.17, 15) is 8.78 Å². The highest BCUT2D eigenvalue weighted by atomic mass is 127. The first-order valence-electron chi connectivity index (χ1n) is 7.95. The van der Waals surface area contributed by atoms with Crippen LogP contribution in [0.1, 0.15) is 31.0 Å². The minimum absolute atomic E-state index is 0. The van der Waals surface area contributed by atoms with Gasteiger partial charge in [-0.05, 0) is 24.6 Å². The van der Waals surface area contributed by atoms with E-state index in [-0.39, 0.29) is 29.9 Å². The number of hydrogen-bond donors (Lipinski definition) is 2. The van der Waals surface area contributed by atoms with Crippen molar-refractivity contribution in [3.8, 4) is 0 Å². The topological polar surface area (TPSA) is 54.2 Å². The van der Waals surface area contributed by atoms with Crippen LogP contribution in [0.2, 0.25) is 0 Å². The lowest BCUT2D eigenvalue weighted by Crippen LogP contribution is -2.39. The van der Waals surface area contributed by atoms with Gasteiger partial charge in [-0.3, -0.25) is 4.68 Å². The summed E-state index contributed by atoms with van der Waals surface area (Å²) in [5.41, 5.74) is 1.47. The van der Waals surface area contributed by atoms with Gasteiger partial charge in [-0.2, -0.15) is 5.10 Å². The predicted octanol–water partition coefficient (Wildman–Crippen LogP) is 3.18. The highest BCUT2D eigenvalue weighted by Gasteiger charge is 2.12. The summed E-state index contributed by atoms with van der Waals surface area (Å²) < 4.78 is 28.6. The molecule has 1 unspecified atom stereocenters. The van der Waals surface area contributed by atoms with Gasteiger partial charge in [0.05, 0.1) is 12.2 Å². The molecule has 0 spiro atoms. The number of aryl methyl sites for hydroxylation is 1. The molecule has 5 nitrogen and oxygen atoms in total. The van der Waals surface area contributed by atoms with Gasteiger partial charge in [0.2, 0.25) is 0 Å². The summed E-state index contributed by atoms with van der Waals surface area (Å²) in [4.78, 5) is 4.50. The van der Waals surface area contributed by atoms with E-state index in [2.05, 4.69) is 20.7 Å². The molecular weight excluding hydrogens is 439 g/mol. The van der Waals surface area contributed by atoms with Gasteiger partial charge in [0.1, 0.15) is 11.6 Å². The molecule has 1 aromatic heterocycles. The van der Waals surface area contributed by atoms with E-state index in [1.165, 1.54) is 12.1 Å². The van der Waals surface area contributed by atoms with Crippen LogP contribution in [0.25, 0.3) is 0 Å². The van der Waals surface area contributed by atoms with Crippen molar-refractivity contribution in [3.05, 3.63) is 53.4 Å². The molecule has 2 aromatic rings. The van der Waals surface area contributed by atoms with Crippen LogP contribution in [0.15, 0.2) is 35.5 Å². The van der Waals surface area contributed by atoms with Crippen LogP contribution in [0.5, 0.6) is 0 Å².